The Morgan fingerprint density at radius 3 is 2.00 bits per heavy atom. The molecule has 1 rings (SSSR count). The second kappa shape index (κ2) is 4.35. The summed E-state index contributed by atoms with van der Waals surface area (Å²) in [6.45, 7) is 3.63. The zero-order chi connectivity index (χ0) is 10.7. The number of methoxy groups -OCH3 is 1. The van der Waals surface area contributed by atoms with E-state index in [0.29, 0.717) is 5.75 Å². The predicted octanol–water partition coefficient (Wildman–Crippen LogP) is 0.660. The SMILES string of the molecule is COc1cc(C)c(OB(O)O)c(C)c1. The lowest BCUT2D eigenvalue weighted by Crippen LogP contribution is -2.21. The number of ether oxygens (including phenoxy) is 1. The number of rotatable bonds is 3. The minimum Gasteiger partial charge on any atom is -0.512 e. The molecule has 0 aliphatic carbocycles. The maximum atomic E-state index is 8.68. The first kappa shape index (κ1) is 10.9. The molecular formula is C9H13BO4. The van der Waals surface area contributed by atoms with Crippen molar-refractivity contribution in [3.05, 3.63) is 23.3 Å². The van der Waals surface area contributed by atoms with Gasteiger partial charge in [-0.25, -0.2) is 0 Å². The molecule has 0 amide bonds. The number of hydrogen-bond donors (Lipinski definition) is 2. The second-order valence-electron chi connectivity index (χ2n) is 3.03. The van der Waals surface area contributed by atoms with Gasteiger partial charge in [0.1, 0.15) is 11.5 Å². The van der Waals surface area contributed by atoms with Gasteiger partial charge in [-0.3, -0.25) is 0 Å². The van der Waals surface area contributed by atoms with Crippen molar-refractivity contribution < 1.29 is 19.4 Å². The van der Waals surface area contributed by atoms with Crippen molar-refractivity contribution in [2.45, 2.75) is 13.8 Å². The van der Waals surface area contributed by atoms with E-state index < -0.39 is 7.32 Å². The van der Waals surface area contributed by atoms with Crippen LogP contribution in [0.4, 0.5) is 0 Å². The van der Waals surface area contributed by atoms with E-state index in [4.69, 9.17) is 19.4 Å². The maximum Gasteiger partial charge on any atom is 0.707 e. The van der Waals surface area contributed by atoms with E-state index in [-0.39, 0.29) is 0 Å². The number of aryl methyl sites for hydroxylation is 2. The molecular weight excluding hydrogens is 183 g/mol. The van der Waals surface area contributed by atoms with Crippen molar-refractivity contribution in [1.29, 1.82) is 0 Å². The van der Waals surface area contributed by atoms with Crippen LogP contribution in [0.3, 0.4) is 0 Å². The van der Waals surface area contributed by atoms with Crippen LogP contribution in [-0.2, 0) is 0 Å². The van der Waals surface area contributed by atoms with Gasteiger partial charge in [-0.2, -0.15) is 0 Å². The third kappa shape index (κ3) is 2.40. The van der Waals surface area contributed by atoms with Crippen molar-refractivity contribution >= 4 is 7.32 Å². The smallest absolute Gasteiger partial charge is 0.512 e. The highest BCUT2D eigenvalue weighted by Crippen LogP contribution is 2.28. The van der Waals surface area contributed by atoms with E-state index in [9.17, 15) is 0 Å². The molecule has 0 aliphatic rings. The van der Waals surface area contributed by atoms with Crippen LogP contribution >= 0.6 is 0 Å². The van der Waals surface area contributed by atoms with Gasteiger partial charge in [-0.15, -0.1) is 0 Å². The lowest BCUT2D eigenvalue weighted by atomic mass is 10.1. The standard InChI is InChI=1S/C9H13BO4/c1-6-4-8(13-3)5-7(2)9(6)14-10(11)12/h4-5,11-12H,1-3H3. The first-order valence-corrected chi connectivity index (χ1v) is 4.22. The van der Waals surface area contributed by atoms with Crippen molar-refractivity contribution in [3.8, 4) is 11.5 Å². The molecule has 0 bridgehead atoms. The van der Waals surface area contributed by atoms with Gasteiger partial charge in [0.15, 0.2) is 0 Å². The zero-order valence-corrected chi connectivity index (χ0v) is 8.44. The Morgan fingerprint density at radius 1 is 1.14 bits per heavy atom. The van der Waals surface area contributed by atoms with E-state index in [1.54, 1.807) is 19.2 Å². The summed E-state index contributed by atoms with van der Waals surface area (Å²) >= 11 is 0. The van der Waals surface area contributed by atoms with Gasteiger partial charge in [-0.1, -0.05) is 0 Å². The van der Waals surface area contributed by atoms with Gasteiger partial charge in [0.05, 0.1) is 7.11 Å². The Bertz CT molecular complexity index is 302. The van der Waals surface area contributed by atoms with Crippen LogP contribution in [0.2, 0.25) is 0 Å². The zero-order valence-electron chi connectivity index (χ0n) is 8.44. The highest BCUT2D eigenvalue weighted by Gasteiger charge is 2.15. The largest absolute Gasteiger partial charge is 0.707 e. The molecule has 0 saturated heterocycles. The molecule has 0 aromatic heterocycles. The van der Waals surface area contributed by atoms with Crippen LogP contribution < -0.4 is 9.39 Å². The molecule has 0 heterocycles. The van der Waals surface area contributed by atoms with Gasteiger partial charge in [0.25, 0.3) is 0 Å². The highest BCUT2D eigenvalue weighted by atomic mass is 16.6. The van der Waals surface area contributed by atoms with Crippen molar-refractivity contribution in [2.24, 2.45) is 0 Å². The molecule has 0 unspecified atom stereocenters. The van der Waals surface area contributed by atoms with Crippen molar-refractivity contribution in [3.63, 3.8) is 0 Å². The maximum absolute atomic E-state index is 8.68. The molecule has 5 heteroatoms. The van der Waals surface area contributed by atoms with E-state index in [1.165, 1.54) is 0 Å². The van der Waals surface area contributed by atoms with E-state index >= 15 is 0 Å². The van der Waals surface area contributed by atoms with Crippen LogP contribution in [0.5, 0.6) is 11.5 Å². The second-order valence-corrected chi connectivity index (χ2v) is 3.03. The van der Waals surface area contributed by atoms with E-state index in [2.05, 4.69) is 0 Å². The van der Waals surface area contributed by atoms with Gasteiger partial charge < -0.3 is 19.4 Å². The molecule has 76 valence electrons. The summed E-state index contributed by atoms with van der Waals surface area (Å²) in [5, 5.41) is 17.4. The molecule has 0 fully saturated rings. The summed E-state index contributed by atoms with van der Waals surface area (Å²) in [6, 6.07) is 3.54. The molecule has 0 radical (unpaired) electrons. The van der Waals surface area contributed by atoms with E-state index in [1.807, 2.05) is 13.8 Å². The fraction of sp³-hybridized carbons (Fsp3) is 0.333. The number of benzene rings is 1. The summed E-state index contributed by atoms with van der Waals surface area (Å²) in [4.78, 5) is 0. The lowest BCUT2D eigenvalue weighted by molar-refractivity contribution is 0.286. The Kier molecular flexibility index (Phi) is 3.38. The van der Waals surface area contributed by atoms with Crippen LogP contribution in [-0.4, -0.2) is 24.5 Å². The minimum atomic E-state index is -1.79. The summed E-state index contributed by atoms with van der Waals surface area (Å²) in [5.74, 6) is 1.19. The quantitative estimate of drug-likeness (QED) is 0.697. The molecule has 1 aromatic rings. The highest BCUT2D eigenvalue weighted by molar-refractivity contribution is 6.33. The number of hydrogen-bond acceptors (Lipinski definition) is 4. The Morgan fingerprint density at radius 2 is 1.64 bits per heavy atom. The Labute approximate surface area is 83.3 Å². The Balaban J connectivity index is 3.05. The van der Waals surface area contributed by atoms with Crippen LogP contribution in [0.15, 0.2) is 12.1 Å². The van der Waals surface area contributed by atoms with Crippen LogP contribution in [0.25, 0.3) is 0 Å². The first-order chi connectivity index (χ1) is 6.54. The third-order valence-electron chi connectivity index (χ3n) is 1.89. The molecule has 4 nitrogen and oxygen atoms in total. The average molecular weight is 196 g/mol. The summed E-state index contributed by atoms with van der Waals surface area (Å²) < 4.78 is 9.89. The van der Waals surface area contributed by atoms with Gasteiger partial charge >= 0.3 is 7.32 Å². The first-order valence-electron chi connectivity index (χ1n) is 4.22. The third-order valence-corrected chi connectivity index (χ3v) is 1.89. The average Bonchev–Trinajstić information content (AvgIpc) is 2.10. The van der Waals surface area contributed by atoms with E-state index in [0.717, 1.165) is 16.9 Å². The van der Waals surface area contributed by atoms with Crippen LogP contribution in [0.1, 0.15) is 11.1 Å². The molecule has 14 heavy (non-hydrogen) atoms. The molecule has 1 aromatic carbocycles. The monoisotopic (exact) mass is 196 g/mol. The summed E-state index contributed by atoms with van der Waals surface area (Å²) in [7, 11) is -0.212. The van der Waals surface area contributed by atoms with Gasteiger partial charge in [-0.05, 0) is 37.1 Å². The molecule has 0 aliphatic heterocycles. The Hall–Kier alpha value is -1.20. The fourth-order valence-electron chi connectivity index (χ4n) is 1.32. The van der Waals surface area contributed by atoms with Crippen LogP contribution in [0, 0.1) is 13.8 Å². The van der Waals surface area contributed by atoms with Gasteiger partial charge in [0.2, 0.25) is 0 Å². The molecule has 2 N–H and O–H groups in total. The molecule has 0 atom stereocenters. The van der Waals surface area contributed by atoms with Gasteiger partial charge in [0, 0.05) is 0 Å². The predicted molar refractivity (Wildman–Crippen MR) is 53.3 cm³/mol. The topological polar surface area (TPSA) is 58.9 Å². The summed E-state index contributed by atoms with van der Waals surface area (Å²) in [5.41, 5.74) is 1.60. The molecule has 0 saturated carbocycles. The lowest BCUT2D eigenvalue weighted by Gasteiger charge is -2.12. The normalized spacial score (nSPS) is 9.79. The van der Waals surface area contributed by atoms with Crippen molar-refractivity contribution in [1.82, 2.24) is 0 Å². The van der Waals surface area contributed by atoms with Crippen molar-refractivity contribution in [2.75, 3.05) is 7.11 Å². The fourth-order valence-corrected chi connectivity index (χ4v) is 1.32. The minimum absolute atomic E-state index is 0.473. The summed E-state index contributed by atoms with van der Waals surface area (Å²) in [6.07, 6.45) is 0. The molecule has 0 spiro atoms.